The number of rotatable bonds is 1. The van der Waals surface area contributed by atoms with Gasteiger partial charge in [0.15, 0.2) is 0 Å². The molecule has 1 heterocycles. The normalized spacial score (nSPS) is 23.7. The third-order valence-corrected chi connectivity index (χ3v) is 2.43. The summed E-state index contributed by atoms with van der Waals surface area (Å²) in [6.45, 7) is 7.52. The third kappa shape index (κ3) is 3.66. The first-order valence-electron chi connectivity index (χ1n) is 5.34. The summed E-state index contributed by atoms with van der Waals surface area (Å²) in [5.41, 5.74) is 0.0412. The highest BCUT2D eigenvalue weighted by molar-refractivity contribution is 5.76. The number of aliphatic hydroxyl groups is 1. The van der Waals surface area contributed by atoms with E-state index in [4.69, 9.17) is 0 Å². The van der Waals surface area contributed by atoms with Gasteiger partial charge >= 0.3 is 0 Å². The van der Waals surface area contributed by atoms with Gasteiger partial charge in [-0.05, 0) is 18.3 Å². The van der Waals surface area contributed by atoms with Crippen molar-refractivity contribution in [3.8, 4) is 0 Å². The van der Waals surface area contributed by atoms with Crippen LogP contribution in [0.25, 0.3) is 0 Å². The number of carbonyl (C=O) groups excluding carboxylic acids is 1. The van der Waals surface area contributed by atoms with Crippen LogP contribution in [0.3, 0.4) is 0 Å². The number of aliphatic hydroxyl groups excluding tert-OH is 1. The predicted octanol–water partition coefficient (Wildman–Crippen LogP) is 1.41. The highest BCUT2D eigenvalue weighted by atomic mass is 16.3. The first-order valence-corrected chi connectivity index (χ1v) is 5.34. The van der Waals surface area contributed by atoms with Gasteiger partial charge in [-0.15, -0.1) is 0 Å². The van der Waals surface area contributed by atoms with Crippen LogP contribution < -0.4 is 0 Å². The summed E-state index contributed by atoms with van der Waals surface area (Å²) in [5, 5.41) is 9.43. The largest absolute Gasteiger partial charge is 0.391 e. The van der Waals surface area contributed by atoms with Crippen LogP contribution in [0, 0.1) is 5.41 Å². The minimum Gasteiger partial charge on any atom is -0.391 e. The summed E-state index contributed by atoms with van der Waals surface area (Å²) >= 11 is 0. The molecule has 82 valence electrons. The van der Waals surface area contributed by atoms with Crippen LogP contribution in [0.2, 0.25) is 0 Å². The zero-order valence-corrected chi connectivity index (χ0v) is 9.42. The number of piperidine rings is 1. The molecule has 0 bridgehead atoms. The number of likely N-dealkylation sites (tertiary alicyclic amines) is 1. The lowest BCUT2D eigenvalue weighted by Gasteiger charge is -2.32. The van der Waals surface area contributed by atoms with Crippen molar-refractivity contribution in [3.63, 3.8) is 0 Å². The van der Waals surface area contributed by atoms with Gasteiger partial charge in [-0.25, -0.2) is 0 Å². The lowest BCUT2D eigenvalue weighted by Crippen LogP contribution is -2.43. The smallest absolute Gasteiger partial charge is 0.223 e. The maximum absolute atomic E-state index is 11.8. The van der Waals surface area contributed by atoms with Crippen molar-refractivity contribution >= 4 is 5.91 Å². The second-order valence-electron chi connectivity index (χ2n) is 5.37. The van der Waals surface area contributed by atoms with E-state index in [-0.39, 0.29) is 17.4 Å². The molecule has 1 aliphatic rings. The van der Waals surface area contributed by atoms with Crippen molar-refractivity contribution in [1.82, 2.24) is 4.90 Å². The Morgan fingerprint density at radius 3 is 2.64 bits per heavy atom. The molecule has 1 fully saturated rings. The number of amides is 1. The van der Waals surface area contributed by atoms with Gasteiger partial charge in [0.25, 0.3) is 0 Å². The van der Waals surface area contributed by atoms with Crippen molar-refractivity contribution < 1.29 is 9.90 Å². The topological polar surface area (TPSA) is 40.5 Å². The van der Waals surface area contributed by atoms with Gasteiger partial charge in [0.1, 0.15) is 0 Å². The van der Waals surface area contributed by atoms with E-state index >= 15 is 0 Å². The number of carbonyl (C=O) groups is 1. The molecule has 1 amide bonds. The van der Waals surface area contributed by atoms with E-state index in [2.05, 4.69) is 20.8 Å². The lowest BCUT2D eigenvalue weighted by atomic mass is 9.91. The van der Waals surface area contributed by atoms with Gasteiger partial charge in [0.05, 0.1) is 6.10 Å². The Hall–Kier alpha value is -0.570. The fourth-order valence-corrected chi connectivity index (χ4v) is 1.75. The SMILES string of the molecule is CC(C)(C)CC(=O)N1CCC[C@H](O)C1. The van der Waals surface area contributed by atoms with Crippen LogP contribution in [-0.2, 0) is 4.79 Å². The third-order valence-electron chi connectivity index (χ3n) is 2.43. The molecule has 0 aromatic carbocycles. The monoisotopic (exact) mass is 199 g/mol. The zero-order chi connectivity index (χ0) is 10.8. The van der Waals surface area contributed by atoms with Crippen LogP contribution in [0.4, 0.5) is 0 Å². The summed E-state index contributed by atoms with van der Waals surface area (Å²) in [5.74, 6) is 0.177. The molecule has 1 saturated heterocycles. The maximum Gasteiger partial charge on any atom is 0.223 e. The number of hydrogen-bond acceptors (Lipinski definition) is 2. The molecule has 0 radical (unpaired) electrons. The zero-order valence-electron chi connectivity index (χ0n) is 9.42. The van der Waals surface area contributed by atoms with Crippen LogP contribution in [0.5, 0.6) is 0 Å². The Labute approximate surface area is 86.1 Å². The number of nitrogens with zero attached hydrogens (tertiary/aromatic N) is 1. The van der Waals surface area contributed by atoms with Gasteiger partial charge in [0, 0.05) is 19.5 Å². The van der Waals surface area contributed by atoms with E-state index in [9.17, 15) is 9.90 Å². The second-order valence-corrected chi connectivity index (χ2v) is 5.37. The van der Waals surface area contributed by atoms with E-state index < -0.39 is 0 Å². The summed E-state index contributed by atoms with van der Waals surface area (Å²) in [7, 11) is 0. The lowest BCUT2D eigenvalue weighted by molar-refractivity contribution is -0.136. The van der Waals surface area contributed by atoms with Crippen LogP contribution in [-0.4, -0.2) is 35.1 Å². The molecular formula is C11H21NO2. The first-order chi connectivity index (χ1) is 6.38. The van der Waals surface area contributed by atoms with Crippen LogP contribution in [0.15, 0.2) is 0 Å². The number of β-amino-alcohol motifs (C(OH)–C–C–N with tert-alkyl or cyclic N) is 1. The van der Waals surface area contributed by atoms with E-state index in [1.807, 2.05) is 0 Å². The fraction of sp³-hybridized carbons (Fsp3) is 0.909. The Morgan fingerprint density at radius 2 is 2.14 bits per heavy atom. The van der Waals surface area contributed by atoms with Crippen molar-refractivity contribution in [1.29, 1.82) is 0 Å². The molecule has 0 saturated carbocycles. The van der Waals surface area contributed by atoms with Crippen molar-refractivity contribution in [2.75, 3.05) is 13.1 Å². The molecule has 1 aliphatic heterocycles. The standard InChI is InChI=1S/C11H21NO2/c1-11(2,3)7-10(14)12-6-4-5-9(13)8-12/h9,13H,4-8H2,1-3H3/t9-/m0/s1. The summed E-state index contributed by atoms with van der Waals surface area (Å²) in [6.07, 6.45) is 2.02. The molecule has 3 heteroatoms. The summed E-state index contributed by atoms with van der Waals surface area (Å²) < 4.78 is 0. The van der Waals surface area contributed by atoms with Gasteiger partial charge in [0.2, 0.25) is 5.91 Å². The Balaban J connectivity index is 2.44. The molecule has 0 unspecified atom stereocenters. The number of hydrogen-bond donors (Lipinski definition) is 1. The van der Waals surface area contributed by atoms with E-state index in [0.29, 0.717) is 13.0 Å². The van der Waals surface area contributed by atoms with E-state index in [1.54, 1.807) is 4.90 Å². The predicted molar refractivity (Wildman–Crippen MR) is 55.9 cm³/mol. The molecular weight excluding hydrogens is 178 g/mol. The minimum absolute atomic E-state index is 0.0412. The van der Waals surface area contributed by atoms with Crippen LogP contribution in [0.1, 0.15) is 40.0 Å². The van der Waals surface area contributed by atoms with Crippen molar-refractivity contribution in [2.24, 2.45) is 5.41 Å². The fourth-order valence-electron chi connectivity index (χ4n) is 1.75. The van der Waals surface area contributed by atoms with E-state index in [0.717, 1.165) is 19.4 Å². The molecule has 0 spiro atoms. The Bertz CT molecular complexity index is 208. The first kappa shape index (κ1) is 11.5. The molecule has 0 aromatic rings. The Morgan fingerprint density at radius 1 is 1.50 bits per heavy atom. The average Bonchev–Trinajstić information content (AvgIpc) is 2.01. The summed E-state index contributed by atoms with van der Waals surface area (Å²) in [6, 6.07) is 0. The molecule has 1 atom stereocenters. The minimum atomic E-state index is -0.312. The second kappa shape index (κ2) is 4.30. The molecule has 1 N–H and O–H groups in total. The van der Waals surface area contributed by atoms with Crippen molar-refractivity contribution in [2.45, 2.75) is 46.1 Å². The highest BCUT2D eigenvalue weighted by Gasteiger charge is 2.25. The average molecular weight is 199 g/mol. The van der Waals surface area contributed by atoms with E-state index in [1.165, 1.54) is 0 Å². The Kier molecular flexibility index (Phi) is 3.53. The molecule has 14 heavy (non-hydrogen) atoms. The van der Waals surface area contributed by atoms with Gasteiger partial charge < -0.3 is 10.0 Å². The van der Waals surface area contributed by atoms with Gasteiger partial charge in [-0.1, -0.05) is 20.8 Å². The molecule has 0 aliphatic carbocycles. The maximum atomic E-state index is 11.8. The highest BCUT2D eigenvalue weighted by Crippen LogP contribution is 2.21. The molecule has 3 nitrogen and oxygen atoms in total. The quantitative estimate of drug-likeness (QED) is 0.693. The van der Waals surface area contributed by atoms with Crippen molar-refractivity contribution in [3.05, 3.63) is 0 Å². The molecule has 0 aromatic heterocycles. The van der Waals surface area contributed by atoms with Crippen LogP contribution >= 0.6 is 0 Å². The summed E-state index contributed by atoms with van der Waals surface area (Å²) in [4.78, 5) is 13.6. The molecule has 1 rings (SSSR count). The van der Waals surface area contributed by atoms with Gasteiger partial charge in [-0.3, -0.25) is 4.79 Å². The van der Waals surface area contributed by atoms with Gasteiger partial charge in [-0.2, -0.15) is 0 Å².